The lowest BCUT2D eigenvalue weighted by Gasteiger charge is -2.14. The molecule has 3 aromatic rings. The predicted octanol–water partition coefficient (Wildman–Crippen LogP) is 4.23. The van der Waals surface area contributed by atoms with Gasteiger partial charge in [-0.25, -0.2) is 8.42 Å². The van der Waals surface area contributed by atoms with Gasteiger partial charge in [-0.2, -0.15) is 4.79 Å². The quantitative estimate of drug-likeness (QED) is 0.302. The fourth-order valence-electron chi connectivity index (χ4n) is 2.87. The van der Waals surface area contributed by atoms with E-state index in [1.165, 1.54) is 12.1 Å². The van der Waals surface area contributed by atoms with Crippen molar-refractivity contribution in [1.82, 2.24) is 0 Å². The van der Waals surface area contributed by atoms with E-state index in [9.17, 15) is 13.9 Å². The minimum absolute atomic E-state index is 0.104. The third-order valence-corrected chi connectivity index (χ3v) is 5.98. The van der Waals surface area contributed by atoms with E-state index in [-0.39, 0.29) is 9.94 Å². The van der Waals surface area contributed by atoms with Crippen LogP contribution in [-0.2, 0) is 9.84 Å². The Bertz CT molecular complexity index is 999. The molecule has 3 rings (SSSR count). The van der Waals surface area contributed by atoms with Crippen LogP contribution in [0.2, 0.25) is 0 Å². The number of rotatable bonds is 4. The van der Waals surface area contributed by atoms with Crippen molar-refractivity contribution in [3.63, 3.8) is 0 Å². The highest BCUT2D eigenvalue weighted by Crippen LogP contribution is 2.30. The number of hydrogen-bond acceptors (Lipinski definition) is 2. The fraction of sp³-hybridized carbons (Fsp3) is 0.0952. The van der Waals surface area contributed by atoms with Crippen LogP contribution >= 0.6 is 0 Å². The molecular formula is C21H18N2O2S. The van der Waals surface area contributed by atoms with Crippen LogP contribution in [0, 0.1) is 6.92 Å². The summed E-state index contributed by atoms with van der Waals surface area (Å²) in [4.78, 5) is 3.34. The zero-order valence-electron chi connectivity index (χ0n) is 14.3. The Morgan fingerprint density at radius 1 is 0.808 bits per heavy atom. The maximum Gasteiger partial charge on any atom is 0.397 e. The van der Waals surface area contributed by atoms with E-state index in [1.807, 2.05) is 67.6 Å². The first-order valence-corrected chi connectivity index (χ1v) is 9.66. The molecule has 0 amide bonds. The molecule has 0 radical (unpaired) electrons. The van der Waals surface area contributed by atoms with E-state index >= 15 is 0 Å². The third kappa shape index (κ3) is 3.49. The summed E-state index contributed by atoms with van der Waals surface area (Å²) < 4.78 is 26.3. The van der Waals surface area contributed by atoms with Gasteiger partial charge < -0.3 is 5.53 Å². The molecular weight excluding hydrogens is 344 g/mol. The van der Waals surface area contributed by atoms with Crippen LogP contribution in [0.3, 0.4) is 0 Å². The zero-order chi connectivity index (χ0) is 18.6. The Kier molecular flexibility index (Phi) is 5.12. The third-order valence-electron chi connectivity index (χ3n) is 4.22. The molecule has 0 N–H and O–H groups in total. The Morgan fingerprint density at radius 3 is 1.69 bits per heavy atom. The van der Waals surface area contributed by atoms with E-state index in [0.717, 1.165) is 16.7 Å². The zero-order valence-corrected chi connectivity index (χ0v) is 15.1. The monoisotopic (exact) mass is 362 g/mol. The van der Waals surface area contributed by atoms with Crippen molar-refractivity contribution in [3.05, 3.63) is 107 Å². The number of benzene rings is 3. The summed E-state index contributed by atoms with van der Waals surface area (Å²) in [6.45, 7) is 1.88. The summed E-state index contributed by atoms with van der Waals surface area (Å²) in [6, 6.07) is 24.9. The van der Waals surface area contributed by atoms with Crippen LogP contribution < -0.4 is 0 Å². The second kappa shape index (κ2) is 7.48. The molecule has 0 heterocycles. The maximum atomic E-state index is 13.2. The molecule has 0 aliphatic heterocycles. The van der Waals surface area contributed by atoms with Crippen LogP contribution in [0.15, 0.2) is 89.8 Å². The van der Waals surface area contributed by atoms with E-state index in [1.54, 1.807) is 12.1 Å². The SMILES string of the molecule is Cc1ccc(S(=O)(=O)C(=[N+]=[N-])C(c2ccccc2)c2ccccc2)cc1. The molecule has 0 saturated heterocycles. The lowest BCUT2D eigenvalue weighted by atomic mass is 9.92. The molecule has 4 nitrogen and oxygen atoms in total. The standard InChI is InChI=1S/C21H18N2O2S/c1-16-12-14-19(15-13-16)26(24,25)21(23-22)20(17-8-4-2-5-9-17)18-10-6-3-7-11-18/h2-15,20H,1H3. The van der Waals surface area contributed by atoms with Crippen LogP contribution in [0.5, 0.6) is 0 Å². The van der Waals surface area contributed by atoms with Gasteiger partial charge in [-0.3, -0.25) is 0 Å². The number of hydrogen-bond donors (Lipinski definition) is 0. The Balaban J connectivity index is 2.19. The normalized spacial score (nSPS) is 11.2. The summed E-state index contributed by atoms with van der Waals surface area (Å²) >= 11 is 0. The van der Waals surface area contributed by atoms with Crippen molar-refractivity contribution in [2.45, 2.75) is 17.7 Å². The molecule has 0 unspecified atom stereocenters. The van der Waals surface area contributed by atoms with E-state index in [2.05, 4.69) is 4.79 Å². The molecule has 0 saturated carbocycles. The molecule has 0 fully saturated rings. The van der Waals surface area contributed by atoms with Crippen LogP contribution in [0.25, 0.3) is 5.53 Å². The molecule has 130 valence electrons. The lowest BCUT2D eigenvalue weighted by Crippen LogP contribution is -2.25. The lowest BCUT2D eigenvalue weighted by molar-refractivity contribution is -0.00395. The van der Waals surface area contributed by atoms with Crippen LogP contribution in [-0.4, -0.2) is 18.3 Å². The molecule has 0 bridgehead atoms. The fourth-order valence-corrected chi connectivity index (χ4v) is 4.30. The highest BCUT2D eigenvalue weighted by molar-refractivity contribution is 8.06. The molecule has 0 aliphatic carbocycles. The molecule has 0 aliphatic rings. The van der Waals surface area contributed by atoms with Crippen molar-refractivity contribution in [2.24, 2.45) is 0 Å². The Hall–Kier alpha value is -3.01. The highest BCUT2D eigenvalue weighted by Gasteiger charge is 2.39. The van der Waals surface area contributed by atoms with Gasteiger partial charge in [0, 0.05) is 0 Å². The molecule has 0 spiro atoms. The first kappa shape index (κ1) is 17.8. The van der Waals surface area contributed by atoms with Crippen molar-refractivity contribution < 1.29 is 13.2 Å². The van der Waals surface area contributed by atoms with E-state index in [4.69, 9.17) is 0 Å². The van der Waals surface area contributed by atoms with E-state index in [0.29, 0.717) is 0 Å². The average Bonchev–Trinajstić information content (AvgIpc) is 2.67. The summed E-state index contributed by atoms with van der Waals surface area (Å²) in [5.74, 6) is -0.700. The summed E-state index contributed by atoms with van der Waals surface area (Å²) in [5.41, 5.74) is 12.1. The number of sulfone groups is 1. The van der Waals surface area contributed by atoms with Gasteiger partial charge >= 0.3 is 5.04 Å². The van der Waals surface area contributed by atoms with Crippen LogP contribution in [0.1, 0.15) is 22.6 Å². The summed E-state index contributed by atoms with van der Waals surface area (Å²) in [6.07, 6.45) is 0. The smallest absolute Gasteiger partial charge is 0.360 e. The summed E-state index contributed by atoms with van der Waals surface area (Å²) in [5, 5.41) is -0.293. The van der Waals surface area contributed by atoms with Crippen molar-refractivity contribution in [2.75, 3.05) is 0 Å². The Morgan fingerprint density at radius 2 is 1.27 bits per heavy atom. The van der Waals surface area contributed by atoms with Gasteiger partial charge in [0.2, 0.25) is 0 Å². The van der Waals surface area contributed by atoms with Gasteiger partial charge in [-0.15, -0.1) is 0 Å². The minimum Gasteiger partial charge on any atom is -0.360 e. The largest absolute Gasteiger partial charge is 0.397 e. The first-order chi connectivity index (χ1) is 12.5. The maximum absolute atomic E-state index is 13.2. The van der Waals surface area contributed by atoms with Crippen molar-refractivity contribution >= 4 is 14.9 Å². The molecule has 3 aromatic carbocycles. The molecule has 0 atom stereocenters. The highest BCUT2D eigenvalue weighted by atomic mass is 32.2. The van der Waals surface area contributed by atoms with Crippen LogP contribution in [0.4, 0.5) is 0 Å². The van der Waals surface area contributed by atoms with E-state index < -0.39 is 15.8 Å². The van der Waals surface area contributed by atoms with Crippen molar-refractivity contribution in [1.29, 1.82) is 0 Å². The van der Waals surface area contributed by atoms with Gasteiger partial charge in [-0.1, -0.05) is 78.4 Å². The van der Waals surface area contributed by atoms with Gasteiger partial charge in [0.1, 0.15) is 5.92 Å². The average molecular weight is 362 g/mol. The number of aryl methyl sites for hydroxylation is 1. The minimum atomic E-state index is -3.96. The molecule has 5 heteroatoms. The number of nitrogens with zero attached hydrogens (tertiary/aromatic N) is 2. The second-order valence-corrected chi connectivity index (χ2v) is 7.91. The summed E-state index contributed by atoms with van der Waals surface area (Å²) in [7, 11) is -3.96. The van der Waals surface area contributed by atoms with Gasteiger partial charge in [0.05, 0.1) is 4.90 Å². The predicted molar refractivity (Wildman–Crippen MR) is 102 cm³/mol. The Labute approximate surface area is 153 Å². The van der Waals surface area contributed by atoms with Gasteiger partial charge in [0.25, 0.3) is 9.84 Å². The van der Waals surface area contributed by atoms with Gasteiger partial charge in [0.15, 0.2) is 0 Å². The van der Waals surface area contributed by atoms with Gasteiger partial charge in [-0.05, 0) is 30.2 Å². The second-order valence-electron chi connectivity index (χ2n) is 6.01. The molecule has 26 heavy (non-hydrogen) atoms. The topological polar surface area (TPSA) is 70.5 Å². The molecule has 0 aromatic heterocycles. The first-order valence-electron chi connectivity index (χ1n) is 8.17. The van der Waals surface area contributed by atoms with Crippen molar-refractivity contribution in [3.8, 4) is 0 Å².